The van der Waals surface area contributed by atoms with Crippen molar-refractivity contribution in [2.24, 2.45) is 0 Å². The van der Waals surface area contributed by atoms with E-state index in [1.54, 1.807) is 6.07 Å². The van der Waals surface area contributed by atoms with Crippen LogP contribution >= 0.6 is 0 Å². The van der Waals surface area contributed by atoms with Crippen molar-refractivity contribution in [3.8, 4) is 6.07 Å². The van der Waals surface area contributed by atoms with Crippen LogP contribution in [0.3, 0.4) is 0 Å². The lowest BCUT2D eigenvalue weighted by atomic mass is 10.1. The number of fused-ring (bicyclic) bond motifs is 1. The van der Waals surface area contributed by atoms with E-state index in [9.17, 15) is 18.1 Å². The van der Waals surface area contributed by atoms with Gasteiger partial charge in [0.2, 0.25) is 10.0 Å². The van der Waals surface area contributed by atoms with Crippen molar-refractivity contribution in [3.05, 3.63) is 65.5 Å². The standard InChI is InChI=1S/C20H19FN4O2S/c1-14-5-2-6-15-11-16(13-22)20(25-19(14)15)23-9-4-10-24-28(26,27)18-8-3-7-17(21)12-18/h2-3,5-8,11-12,24H,4,9-10H2,1H3,(H,23,25). The monoisotopic (exact) mass is 398 g/mol. The summed E-state index contributed by atoms with van der Waals surface area (Å²) in [4.78, 5) is 4.42. The zero-order chi connectivity index (χ0) is 20.1. The van der Waals surface area contributed by atoms with Gasteiger partial charge in [-0.2, -0.15) is 5.26 Å². The van der Waals surface area contributed by atoms with Crippen LogP contribution in [-0.2, 0) is 10.0 Å². The minimum Gasteiger partial charge on any atom is -0.369 e. The lowest BCUT2D eigenvalue weighted by Crippen LogP contribution is -2.26. The SMILES string of the molecule is Cc1cccc2cc(C#N)c(NCCCNS(=O)(=O)c3cccc(F)c3)nc12. The van der Waals surface area contributed by atoms with Gasteiger partial charge in [0, 0.05) is 18.5 Å². The Morgan fingerprint density at radius 1 is 1.14 bits per heavy atom. The fourth-order valence-corrected chi connectivity index (χ4v) is 3.89. The van der Waals surface area contributed by atoms with E-state index in [-0.39, 0.29) is 11.4 Å². The first-order valence-corrected chi connectivity index (χ1v) is 10.2. The quantitative estimate of drug-likeness (QED) is 0.595. The summed E-state index contributed by atoms with van der Waals surface area (Å²) in [5, 5.41) is 13.3. The van der Waals surface area contributed by atoms with Crippen molar-refractivity contribution < 1.29 is 12.8 Å². The number of nitrogens with one attached hydrogen (secondary N) is 2. The molecule has 0 unspecified atom stereocenters. The van der Waals surface area contributed by atoms with E-state index in [0.717, 1.165) is 22.5 Å². The number of para-hydroxylation sites is 1. The first kappa shape index (κ1) is 19.7. The third kappa shape index (κ3) is 4.44. The zero-order valence-corrected chi connectivity index (χ0v) is 16.1. The van der Waals surface area contributed by atoms with E-state index in [0.29, 0.717) is 24.3 Å². The van der Waals surface area contributed by atoms with Crippen LogP contribution in [0.25, 0.3) is 10.9 Å². The van der Waals surface area contributed by atoms with Crippen molar-refractivity contribution in [1.82, 2.24) is 9.71 Å². The number of hydrogen-bond donors (Lipinski definition) is 2. The maximum Gasteiger partial charge on any atom is 0.240 e. The van der Waals surface area contributed by atoms with Crippen LogP contribution in [0, 0.1) is 24.1 Å². The Kier molecular flexibility index (Phi) is 5.87. The van der Waals surface area contributed by atoms with Gasteiger partial charge in [0.15, 0.2) is 0 Å². The molecule has 144 valence electrons. The van der Waals surface area contributed by atoms with Gasteiger partial charge in [0.05, 0.1) is 16.0 Å². The molecule has 0 saturated carbocycles. The Morgan fingerprint density at radius 3 is 2.68 bits per heavy atom. The van der Waals surface area contributed by atoms with Gasteiger partial charge in [0.1, 0.15) is 17.7 Å². The van der Waals surface area contributed by atoms with Gasteiger partial charge in [-0.3, -0.25) is 0 Å². The van der Waals surface area contributed by atoms with Gasteiger partial charge < -0.3 is 5.32 Å². The molecule has 3 aromatic rings. The Morgan fingerprint density at radius 2 is 1.93 bits per heavy atom. The predicted octanol–water partition coefficient (Wildman–Crippen LogP) is 3.33. The number of hydrogen-bond acceptors (Lipinski definition) is 5. The van der Waals surface area contributed by atoms with Crippen molar-refractivity contribution in [3.63, 3.8) is 0 Å². The molecular weight excluding hydrogens is 379 g/mol. The lowest BCUT2D eigenvalue weighted by Gasteiger charge is -2.11. The van der Waals surface area contributed by atoms with E-state index in [4.69, 9.17) is 0 Å². The maximum atomic E-state index is 13.2. The van der Waals surface area contributed by atoms with Crippen LogP contribution in [0.4, 0.5) is 10.2 Å². The third-order valence-electron chi connectivity index (χ3n) is 4.21. The van der Waals surface area contributed by atoms with E-state index in [2.05, 4.69) is 21.1 Å². The first-order valence-electron chi connectivity index (χ1n) is 8.70. The van der Waals surface area contributed by atoms with Crippen molar-refractivity contribution in [2.75, 3.05) is 18.4 Å². The van der Waals surface area contributed by atoms with Crippen LogP contribution in [0.5, 0.6) is 0 Å². The summed E-state index contributed by atoms with van der Waals surface area (Å²) in [5.74, 6) is -0.136. The van der Waals surface area contributed by atoms with Gasteiger partial charge in [-0.1, -0.05) is 24.3 Å². The molecule has 1 aromatic heterocycles. The molecule has 28 heavy (non-hydrogen) atoms. The molecule has 0 bridgehead atoms. The zero-order valence-electron chi connectivity index (χ0n) is 15.2. The van der Waals surface area contributed by atoms with Crippen LogP contribution < -0.4 is 10.0 Å². The highest BCUT2D eigenvalue weighted by Gasteiger charge is 2.14. The Hall–Kier alpha value is -3.02. The van der Waals surface area contributed by atoms with Gasteiger partial charge in [-0.05, 0) is 43.2 Å². The molecule has 8 heteroatoms. The minimum atomic E-state index is -3.76. The number of nitrogens with zero attached hydrogens (tertiary/aromatic N) is 2. The van der Waals surface area contributed by atoms with E-state index in [1.807, 2.05) is 25.1 Å². The van der Waals surface area contributed by atoms with Gasteiger partial charge in [0.25, 0.3) is 0 Å². The van der Waals surface area contributed by atoms with Crippen molar-refractivity contribution in [2.45, 2.75) is 18.2 Å². The number of nitriles is 1. The van der Waals surface area contributed by atoms with E-state index >= 15 is 0 Å². The van der Waals surface area contributed by atoms with Crippen molar-refractivity contribution in [1.29, 1.82) is 5.26 Å². The number of benzene rings is 2. The summed E-state index contributed by atoms with van der Waals surface area (Å²) in [6.07, 6.45) is 0.465. The van der Waals surface area contributed by atoms with Gasteiger partial charge in [-0.15, -0.1) is 0 Å². The number of sulfonamides is 1. The number of aromatic nitrogens is 1. The molecule has 0 aliphatic carbocycles. The van der Waals surface area contributed by atoms with E-state index in [1.165, 1.54) is 18.2 Å². The highest BCUT2D eigenvalue weighted by molar-refractivity contribution is 7.89. The average molecular weight is 398 g/mol. The topological polar surface area (TPSA) is 94.9 Å². The Labute approximate surface area is 163 Å². The van der Waals surface area contributed by atoms with Gasteiger partial charge >= 0.3 is 0 Å². The van der Waals surface area contributed by atoms with Crippen LogP contribution in [0.2, 0.25) is 0 Å². The van der Waals surface area contributed by atoms with Gasteiger partial charge in [-0.25, -0.2) is 22.5 Å². The molecule has 0 radical (unpaired) electrons. The minimum absolute atomic E-state index is 0.112. The second kappa shape index (κ2) is 8.33. The smallest absolute Gasteiger partial charge is 0.240 e. The number of rotatable bonds is 7. The fraction of sp³-hybridized carbons (Fsp3) is 0.200. The number of pyridine rings is 1. The highest BCUT2D eigenvalue weighted by atomic mass is 32.2. The summed E-state index contributed by atoms with van der Waals surface area (Å²) in [7, 11) is -3.76. The molecule has 0 fully saturated rings. The molecule has 0 aliphatic rings. The molecule has 0 saturated heterocycles. The number of halogens is 1. The van der Waals surface area contributed by atoms with Crippen LogP contribution in [0.15, 0.2) is 53.4 Å². The normalized spacial score (nSPS) is 11.3. The molecule has 0 aliphatic heterocycles. The summed E-state index contributed by atoms with van der Waals surface area (Å²) >= 11 is 0. The second-order valence-electron chi connectivity index (χ2n) is 6.28. The molecule has 2 aromatic carbocycles. The van der Waals surface area contributed by atoms with Crippen LogP contribution in [-0.4, -0.2) is 26.5 Å². The molecule has 3 rings (SSSR count). The predicted molar refractivity (Wildman–Crippen MR) is 106 cm³/mol. The Bertz CT molecular complexity index is 1160. The maximum absolute atomic E-state index is 13.2. The summed E-state index contributed by atoms with van der Waals surface area (Å²) < 4.78 is 39.9. The molecule has 1 heterocycles. The number of anilines is 1. The molecule has 0 spiro atoms. The second-order valence-corrected chi connectivity index (χ2v) is 8.05. The number of aryl methyl sites for hydroxylation is 1. The molecule has 0 amide bonds. The third-order valence-corrected chi connectivity index (χ3v) is 5.67. The fourth-order valence-electron chi connectivity index (χ4n) is 2.79. The van der Waals surface area contributed by atoms with Crippen molar-refractivity contribution >= 4 is 26.7 Å². The lowest BCUT2D eigenvalue weighted by molar-refractivity contribution is 0.576. The summed E-state index contributed by atoms with van der Waals surface area (Å²) in [6, 6.07) is 14.5. The first-order chi connectivity index (χ1) is 13.4. The Balaban J connectivity index is 1.61. The van der Waals surface area contributed by atoms with Crippen LogP contribution in [0.1, 0.15) is 17.5 Å². The van der Waals surface area contributed by atoms with E-state index < -0.39 is 15.8 Å². The summed E-state index contributed by atoms with van der Waals surface area (Å²) in [5.41, 5.74) is 2.25. The molecule has 6 nitrogen and oxygen atoms in total. The molecule has 0 atom stereocenters. The average Bonchev–Trinajstić information content (AvgIpc) is 2.67. The molecular formula is C20H19FN4O2S. The highest BCUT2D eigenvalue weighted by Crippen LogP contribution is 2.22. The molecule has 2 N–H and O–H groups in total. The summed E-state index contributed by atoms with van der Waals surface area (Å²) in [6.45, 7) is 2.54. The largest absolute Gasteiger partial charge is 0.369 e.